The molecule has 0 aliphatic heterocycles. The smallest absolute Gasteiger partial charge is 0.138 e. The molecular weight excluding hydrogens is 347 g/mol. The van der Waals surface area contributed by atoms with Gasteiger partial charge in [0, 0.05) is 5.54 Å². The molecular formula is C17H44NOSi4. The van der Waals surface area contributed by atoms with Gasteiger partial charge in [-0.15, -0.1) is 5.21 Å². The van der Waals surface area contributed by atoms with Gasteiger partial charge >= 0.3 is 0 Å². The van der Waals surface area contributed by atoms with Crippen molar-refractivity contribution in [2.24, 2.45) is 5.41 Å². The van der Waals surface area contributed by atoms with Gasteiger partial charge in [-0.25, -0.2) is 0 Å². The first-order valence-electron chi connectivity index (χ1n) is 9.09. The molecule has 0 atom stereocenters. The van der Waals surface area contributed by atoms with Gasteiger partial charge < -0.3 is 0 Å². The van der Waals surface area contributed by atoms with E-state index in [0.717, 1.165) is 6.42 Å². The average molecular weight is 391 g/mol. The Morgan fingerprint density at radius 2 is 0.913 bits per heavy atom. The Hall–Kier alpha value is 0.788. The molecule has 0 aromatic heterocycles. The summed E-state index contributed by atoms with van der Waals surface area (Å²) in [5.74, 6) is 0. The third-order valence-electron chi connectivity index (χ3n) is 5.07. The first-order valence-corrected chi connectivity index (χ1v) is 24.5. The molecule has 1 radical (unpaired) electrons. The lowest BCUT2D eigenvalue weighted by atomic mass is 9.82. The molecule has 0 saturated carbocycles. The van der Waals surface area contributed by atoms with E-state index in [4.69, 9.17) is 0 Å². The van der Waals surface area contributed by atoms with Gasteiger partial charge in [0.25, 0.3) is 0 Å². The predicted octanol–water partition coefficient (Wildman–Crippen LogP) is 6.04. The van der Waals surface area contributed by atoms with E-state index in [1.807, 2.05) is 0 Å². The maximum atomic E-state index is 14.2. The van der Waals surface area contributed by atoms with Gasteiger partial charge in [-0.1, -0.05) is 79.7 Å². The lowest BCUT2D eigenvalue weighted by Crippen LogP contribution is -2.91. The maximum Gasteiger partial charge on any atom is 0.138 e. The summed E-state index contributed by atoms with van der Waals surface area (Å²) in [7, 11) is -4.74. The minimum atomic E-state index is -2.04. The van der Waals surface area contributed by atoms with Crippen molar-refractivity contribution in [1.82, 2.24) is 4.73 Å². The van der Waals surface area contributed by atoms with E-state index < -0.39 is 29.6 Å². The van der Waals surface area contributed by atoms with E-state index in [-0.39, 0.29) is 11.0 Å². The quantitative estimate of drug-likeness (QED) is 0.400. The van der Waals surface area contributed by atoms with E-state index >= 15 is 0 Å². The van der Waals surface area contributed by atoms with Crippen LogP contribution in [0, 0.1) is 5.41 Å². The van der Waals surface area contributed by atoms with Gasteiger partial charge in [0.15, 0.2) is 0 Å². The Morgan fingerprint density at radius 3 is 1.09 bits per heavy atom. The second kappa shape index (κ2) is 6.50. The van der Waals surface area contributed by atoms with Crippen LogP contribution in [0.1, 0.15) is 41.0 Å². The summed E-state index contributed by atoms with van der Waals surface area (Å²) in [6.45, 7) is 31.6. The van der Waals surface area contributed by atoms with Gasteiger partial charge in [0.2, 0.25) is 0 Å². The number of nitrogens with zero attached hydrogens (tertiary/aromatic N) is 1. The van der Waals surface area contributed by atoms with Crippen LogP contribution in [0.25, 0.3) is 0 Å². The molecule has 0 N–H and O–H groups in total. The van der Waals surface area contributed by atoms with Crippen LogP contribution in [0.4, 0.5) is 0 Å². The second-order valence-corrected chi connectivity index (χ2v) is 52.1. The standard InChI is InChI=1S/C17H44NOSi4/c1-16(2,3)15-17(4,5)18(19)23(20(6,7)8,21(9,10)11)22(12,13)14/h15H2,1-14H3. The van der Waals surface area contributed by atoms with E-state index in [2.05, 4.69) is 93.5 Å². The van der Waals surface area contributed by atoms with Gasteiger partial charge in [0.05, 0.1) is 22.8 Å². The van der Waals surface area contributed by atoms with Crippen molar-refractivity contribution in [1.29, 1.82) is 0 Å². The highest BCUT2D eigenvalue weighted by Gasteiger charge is 2.68. The van der Waals surface area contributed by atoms with Gasteiger partial charge in [0.1, 0.15) is 6.79 Å². The highest BCUT2D eigenvalue weighted by molar-refractivity contribution is 7.88. The SMILES string of the molecule is CC(C)(C)CC(C)(C)N([O])[Si]([Si](C)(C)C)([Si](C)(C)C)[Si](C)(C)C. The molecule has 23 heavy (non-hydrogen) atoms. The lowest BCUT2D eigenvalue weighted by Gasteiger charge is -2.62. The molecule has 139 valence electrons. The zero-order chi connectivity index (χ0) is 19.3. The molecule has 0 spiro atoms. The fourth-order valence-corrected chi connectivity index (χ4v) is 105. The summed E-state index contributed by atoms with van der Waals surface area (Å²) in [5.41, 5.74) is -0.0735. The Bertz CT molecular complexity index is 372. The molecule has 0 fully saturated rings. The summed E-state index contributed by atoms with van der Waals surface area (Å²) in [6.07, 6.45) is 0.970. The van der Waals surface area contributed by atoms with Crippen molar-refractivity contribution in [3.8, 4) is 0 Å². The van der Waals surface area contributed by atoms with E-state index in [1.165, 1.54) is 0 Å². The second-order valence-electron chi connectivity index (χ2n) is 12.3. The topological polar surface area (TPSA) is 23.1 Å². The number of hydroxylamine groups is 1. The van der Waals surface area contributed by atoms with Gasteiger partial charge in [-0.2, -0.15) is 4.73 Å². The van der Waals surface area contributed by atoms with Crippen molar-refractivity contribution in [3.63, 3.8) is 0 Å². The summed E-state index contributed by atoms with van der Waals surface area (Å²) in [4.78, 5) is 0. The number of hydrogen-bond donors (Lipinski definition) is 0. The molecule has 0 amide bonds. The first-order chi connectivity index (χ1) is 9.61. The fourth-order valence-electron chi connectivity index (χ4n) is 6.11. The van der Waals surface area contributed by atoms with Crippen molar-refractivity contribution in [2.45, 2.75) is 106 Å². The van der Waals surface area contributed by atoms with Crippen molar-refractivity contribution >= 4 is 29.6 Å². The van der Waals surface area contributed by atoms with Gasteiger partial charge in [-0.05, 0) is 25.7 Å². The summed E-state index contributed by atoms with van der Waals surface area (Å²) >= 11 is 0. The Balaban J connectivity index is 6.50. The molecule has 6 heteroatoms. The molecule has 0 heterocycles. The minimum absolute atomic E-state index is 0.185. The summed E-state index contributed by atoms with van der Waals surface area (Å²) < 4.78 is 1.80. The maximum absolute atomic E-state index is 14.2. The fraction of sp³-hybridized carbons (Fsp3) is 1.00. The predicted molar refractivity (Wildman–Crippen MR) is 116 cm³/mol. The van der Waals surface area contributed by atoms with Crippen LogP contribution in [0.15, 0.2) is 0 Å². The van der Waals surface area contributed by atoms with Crippen molar-refractivity contribution in [2.75, 3.05) is 0 Å². The average Bonchev–Trinajstić information content (AvgIpc) is 2.05. The molecule has 0 bridgehead atoms. The van der Waals surface area contributed by atoms with Crippen LogP contribution in [0.5, 0.6) is 0 Å². The normalized spacial score (nSPS) is 16.2. The van der Waals surface area contributed by atoms with E-state index in [1.54, 1.807) is 4.73 Å². The molecule has 0 saturated heterocycles. The third-order valence-corrected chi connectivity index (χ3v) is 74.7. The monoisotopic (exact) mass is 390 g/mol. The van der Waals surface area contributed by atoms with Gasteiger partial charge in [-0.3, -0.25) is 0 Å². The minimum Gasteiger partial charge on any atom is -0.183 e. The van der Waals surface area contributed by atoms with Crippen LogP contribution in [0.3, 0.4) is 0 Å². The number of rotatable bonds is 6. The molecule has 0 rings (SSSR count). The first kappa shape index (κ1) is 23.8. The molecule has 2 nitrogen and oxygen atoms in total. The summed E-state index contributed by atoms with van der Waals surface area (Å²) in [6, 6.07) is 0. The lowest BCUT2D eigenvalue weighted by molar-refractivity contribution is -0.154. The van der Waals surface area contributed by atoms with Crippen molar-refractivity contribution in [3.05, 3.63) is 0 Å². The number of hydrogen-bond acceptors (Lipinski definition) is 1. The zero-order valence-electron chi connectivity index (χ0n) is 18.6. The Kier molecular flexibility index (Phi) is 6.72. The van der Waals surface area contributed by atoms with Crippen LogP contribution in [0.2, 0.25) is 58.9 Å². The van der Waals surface area contributed by atoms with Crippen LogP contribution < -0.4 is 0 Å². The summed E-state index contributed by atoms with van der Waals surface area (Å²) in [5, 5.41) is 14.2. The van der Waals surface area contributed by atoms with E-state index in [9.17, 15) is 5.21 Å². The Labute approximate surface area is 150 Å². The van der Waals surface area contributed by atoms with Crippen LogP contribution >= 0.6 is 0 Å². The highest BCUT2D eigenvalue weighted by Crippen LogP contribution is 2.44. The van der Waals surface area contributed by atoms with Crippen LogP contribution in [-0.4, -0.2) is 39.8 Å². The van der Waals surface area contributed by atoms with Crippen LogP contribution in [-0.2, 0) is 5.21 Å². The van der Waals surface area contributed by atoms with E-state index in [0.29, 0.717) is 0 Å². The third kappa shape index (κ3) is 4.70. The molecule has 0 aliphatic carbocycles. The highest BCUT2D eigenvalue weighted by atomic mass is 29.9. The molecule has 0 aromatic rings. The van der Waals surface area contributed by atoms with Crippen molar-refractivity contribution < 1.29 is 5.21 Å². The molecule has 0 aliphatic rings. The molecule has 0 unspecified atom stereocenters. The zero-order valence-corrected chi connectivity index (χ0v) is 22.6. The Morgan fingerprint density at radius 1 is 0.652 bits per heavy atom. The molecule has 0 aromatic carbocycles. The largest absolute Gasteiger partial charge is 0.183 e.